The first kappa shape index (κ1) is 11.9. The molecule has 0 bridgehead atoms. The van der Waals surface area contributed by atoms with Crippen LogP contribution >= 0.6 is 0 Å². The van der Waals surface area contributed by atoms with Crippen LogP contribution in [0.1, 0.15) is 10.4 Å². The number of aromatic nitrogens is 1. The molecule has 92 valence electrons. The molecule has 0 unspecified atom stereocenters. The maximum atomic E-state index is 12.1. The SMILES string of the molecule is CN(C(=O)c1c[nH]ccc1=O)c1ccc(O)cc1. The highest BCUT2D eigenvalue weighted by atomic mass is 16.3. The van der Waals surface area contributed by atoms with Crippen molar-refractivity contribution in [3.8, 4) is 5.75 Å². The fourth-order valence-corrected chi connectivity index (χ4v) is 1.56. The number of phenolic OH excluding ortho intramolecular Hbond substituents is 1. The highest BCUT2D eigenvalue weighted by Gasteiger charge is 2.15. The molecule has 0 aliphatic rings. The van der Waals surface area contributed by atoms with Crippen molar-refractivity contribution in [3.05, 3.63) is 58.5 Å². The zero-order chi connectivity index (χ0) is 13.1. The van der Waals surface area contributed by atoms with E-state index in [1.54, 1.807) is 19.2 Å². The van der Waals surface area contributed by atoms with Crippen molar-refractivity contribution < 1.29 is 9.90 Å². The van der Waals surface area contributed by atoms with Crippen LogP contribution in [-0.4, -0.2) is 23.0 Å². The van der Waals surface area contributed by atoms with Crippen LogP contribution in [0.2, 0.25) is 0 Å². The fourth-order valence-electron chi connectivity index (χ4n) is 1.56. The molecule has 2 aromatic rings. The lowest BCUT2D eigenvalue weighted by Crippen LogP contribution is -2.30. The fraction of sp³-hybridized carbons (Fsp3) is 0.0769. The van der Waals surface area contributed by atoms with Crippen LogP contribution < -0.4 is 10.3 Å². The molecule has 5 nitrogen and oxygen atoms in total. The summed E-state index contributed by atoms with van der Waals surface area (Å²) < 4.78 is 0. The summed E-state index contributed by atoms with van der Waals surface area (Å²) in [6.45, 7) is 0. The van der Waals surface area contributed by atoms with Gasteiger partial charge in [0.25, 0.3) is 5.91 Å². The summed E-state index contributed by atoms with van der Waals surface area (Å²) in [5.41, 5.74) is 0.346. The number of rotatable bonds is 2. The van der Waals surface area contributed by atoms with E-state index < -0.39 is 5.91 Å². The topological polar surface area (TPSA) is 73.4 Å². The second kappa shape index (κ2) is 4.75. The molecular formula is C13H12N2O3. The molecule has 2 rings (SSSR count). The molecule has 1 heterocycles. The number of pyridine rings is 1. The van der Waals surface area contributed by atoms with Gasteiger partial charge in [-0.25, -0.2) is 0 Å². The van der Waals surface area contributed by atoms with Gasteiger partial charge in [-0.3, -0.25) is 9.59 Å². The minimum absolute atomic E-state index is 0.0769. The molecule has 0 fully saturated rings. The smallest absolute Gasteiger partial charge is 0.263 e. The Balaban J connectivity index is 2.32. The lowest BCUT2D eigenvalue weighted by atomic mass is 10.2. The van der Waals surface area contributed by atoms with E-state index in [4.69, 9.17) is 0 Å². The highest BCUT2D eigenvalue weighted by Crippen LogP contribution is 2.18. The number of amides is 1. The van der Waals surface area contributed by atoms with Crippen molar-refractivity contribution in [1.29, 1.82) is 0 Å². The Morgan fingerprint density at radius 2 is 1.89 bits per heavy atom. The number of nitrogens with one attached hydrogen (secondary N) is 1. The van der Waals surface area contributed by atoms with Gasteiger partial charge >= 0.3 is 0 Å². The Labute approximate surface area is 103 Å². The van der Waals surface area contributed by atoms with Crippen molar-refractivity contribution in [1.82, 2.24) is 4.98 Å². The minimum Gasteiger partial charge on any atom is -0.508 e. The van der Waals surface area contributed by atoms with Gasteiger partial charge in [0.05, 0.1) is 0 Å². The van der Waals surface area contributed by atoms with Crippen LogP contribution in [0.25, 0.3) is 0 Å². The second-order valence-corrected chi connectivity index (χ2v) is 3.80. The highest BCUT2D eigenvalue weighted by molar-refractivity contribution is 6.05. The van der Waals surface area contributed by atoms with Gasteiger partial charge in [-0.1, -0.05) is 0 Å². The van der Waals surface area contributed by atoms with Crippen LogP contribution in [0.3, 0.4) is 0 Å². The number of hydrogen-bond acceptors (Lipinski definition) is 3. The lowest BCUT2D eigenvalue weighted by Gasteiger charge is -2.16. The van der Waals surface area contributed by atoms with E-state index in [2.05, 4.69) is 4.98 Å². The predicted octanol–water partition coefficient (Wildman–Crippen LogP) is 1.36. The number of hydrogen-bond donors (Lipinski definition) is 2. The minimum atomic E-state index is -0.400. The molecule has 0 atom stereocenters. The summed E-state index contributed by atoms with van der Waals surface area (Å²) in [5, 5.41) is 9.18. The van der Waals surface area contributed by atoms with Crippen LogP contribution in [0, 0.1) is 0 Å². The van der Waals surface area contributed by atoms with Gasteiger partial charge in [0, 0.05) is 31.2 Å². The quantitative estimate of drug-likeness (QED) is 0.837. The van der Waals surface area contributed by atoms with E-state index in [0.29, 0.717) is 5.69 Å². The second-order valence-electron chi connectivity index (χ2n) is 3.80. The molecule has 5 heteroatoms. The first-order chi connectivity index (χ1) is 8.59. The molecule has 0 aliphatic carbocycles. The average Bonchev–Trinajstić information content (AvgIpc) is 2.38. The summed E-state index contributed by atoms with van der Waals surface area (Å²) >= 11 is 0. The number of aromatic amines is 1. The van der Waals surface area contributed by atoms with Gasteiger partial charge < -0.3 is 15.0 Å². The molecule has 0 saturated heterocycles. The molecule has 0 radical (unpaired) electrons. The van der Waals surface area contributed by atoms with Gasteiger partial charge in [-0.15, -0.1) is 0 Å². The summed E-state index contributed by atoms with van der Waals surface area (Å²) in [5.74, 6) is -0.278. The summed E-state index contributed by atoms with van der Waals surface area (Å²) in [6.07, 6.45) is 2.85. The molecular weight excluding hydrogens is 232 g/mol. The first-order valence-electron chi connectivity index (χ1n) is 5.34. The van der Waals surface area contributed by atoms with Gasteiger partial charge in [-0.2, -0.15) is 0 Å². The standard InChI is InChI=1S/C13H12N2O3/c1-15(9-2-4-10(16)5-3-9)13(18)11-8-14-7-6-12(11)17/h2-8,16H,1H3,(H,14,17). The Kier molecular flexibility index (Phi) is 3.14. The van der Waals surface area contributed by atoms with Gasteiger partial charge in [-0.05, 0) is 24.3 Å². The van der Waals surface area contributed by atoms with Crippen molar-refractivity contribution in [2.75, 3.05) is 11.9 Å². The number of carbonyl (C=O) groups excluding carboxylic acids is 1. The van der Waals surface area contributed by atoms with E-state index >= 15 is 0 Å². The van der Waals surface area contributed by atoms with Crippen molar-refractivity contribution in [2.24, 2.45) is 0 Å². The van der Waals surface area contributed by atoms with Crippen molar-refractivity contribution >= 4 is 11.6 Å². The largest absolute Gasteiger partial charge is 0.508 e. The van der Waals surface area contributed by atoms with Crippen molar-refractivity contribution in [2.45, 2.75) is 0 Å². The van der Waals surface area contributed by atoms with Crippen molar-refractivity contribution in [3.63, 3.8) is 0 Å². The monoisotopic (exact) mass is 244 g/mol. The molecule has 0 saturated carbocycles. The number of benzene rings is 1. The summed E-state index contributed by atoms with van der Waals surface area (Å²) in [7, 11) is 1.57. The van der Waals surface area contributed by atoms with E-state index in [-0.39, 0.29) is 16.7 Å². The Hall–Kier alpha value is -2.56. The number of phenols is 1. The molecule has 1 aromatic heterocycles. The zero-order valence-electron chi connectivity index (χ0n) is 9.75. The first-order valence-corrected chi connectivity index (χ1v) is 5.34. The number of carbonyl (C=O) groups is 1. The molecule has 2 N–H and O–H groups in total. The van der Waals surface area contributed by atoms with Gasteiger partial charge in [0.2, 0.25) is 0 Å². The number of aromatic hydroxyl groups is 1. The van der Waals surface area contributed by atoms with E-state index in [1.165, 1.54) is 35.5 Å². The molecule has 18 heavy (non-hydrogen) atoms. The van der Waals surface area contributed by atoms with E-state index in [1.807, 2.05) is 0 Å². The van der Waals surface area contributed by atoms with E-state index in [9.17, 15) is 14.7 Å². The maximum absolute atomic E-state index is 12.1. The number of anilines is 1. The third-order valence-electron chi connectivity index (χ3n) is 2.60. The molecule has 1 aromatic carbocycles. The molecule has 1 amide bonds. The molecule has 0 spiro atoms. The Bertz CT molecular complexity index is 617. The Morgan fingerprint density at radius 3 is 2.50 bits per heavy atom. The van der Waals surface area contributed by atoms with Gasteiger partial charge in [0.1, 0.15) is 11.3 Å². The number of nitrogens with zero attached hydrogens (tertiary/aromatic N) is 1. The average molecular weight is 244 g/mol. The predicted molar refractivity (Wildman–Crippen MR) is 67.9 cm³/mol. The van der Waals surface area contributed by atoms with Crippen LogP contribution in [0.5, 0.6) is 5.75 Å². The number of H-pyrrole nitrogens is 1. The van der Waals surface area contributed by atoms with Crippen LogP contribution in [0.15, 0.2) is 47.5 Å². The normalized spacial score (nSPS) is 10.1. The van der Waals surface area contributed by atoms with Crippen LogP contribution in [0.4, 0.5) is 5.69 Å². The van der Waals surface area contributed by atoms with Crippen LogP contribution in [-0.2, 0) is 0 Å². The van der Waals surface area contributed by atoms with E-state index in [0.717, 1.165) is 0 Å². The zero-order valence-corrected chi connectivity index (χ0v) is 9.75. The lowest BCUT2D eigenvalue weighted by molar-refractivity contribution is 0.0991. The summed E-state index contributed by atoms with van der Waals surface area (Å²) in [6, 6.07) is 7.47. The summed E-state index contributed by atoms with van der Waals surface area (Å²) in [4.78, 5) is 27.7. The maximum Gasteiger partial charge on any atom is 0.263 e. The third kappa shape index (κ3) is 2.24. The third-order valence-corrected chi connectivity index (χ3v) is 2.60. The molecule has 0 aliphatic heterocycles. The van der Waals surface area contributed by atoms with Gasteiger partial charge in [0.15, 0.2) is 5.43 Å². The Morgan fingerprint density at radius 1 is 1.22 bits per heavy atom.